The Bertz CT molecular complexity index is 1080. The van der Waals surface area contributed by atoms with E-state index >= 15 is 0 Å². The average Bonchev–Trinajstić information content (AvgIpc) is 3.18. The first-order valence-electron chi connectivity index (χ1n) is 9.19. The molecule has 0 spiro atoms. The molecule has 11 heteroatoms. The van der Waals surface area contributed by atoms with Crippen molar-refractivity contribution in [1.82, 2.24) is 9.21 Å². The van der Waals surface area contributed by atoms with Gasteiger partial charge < -0.3 is 9.64 Å². The van der Waals surface area contributed by atoms with Crippen LogP contribution in [0.15, 0.2) is 43.3 Å². The first-order valence-corrected chi connectivity index (χ1v) is 10.6. The lowest BCUT2D eigenvalue weighted by molar-refractivity contribution is -0.111. The number of benzene rings is 1. The number of aliphatic imine (C=N–C) groups is 2. The number of amides is 1. The van der Waals surface area contributed by atoms with Gasteiger partial charge in [-0.05, 0) is 32.2 Å². The third-order valence-corrected chi connectivity index (χ3v) is 6.70. The van der Waals surface area contributed by atoms with Crippen LogP contribution in [0.5, 0.6) is 5.75 Å². The van der Waals surface area contributed by atoms with Crippen LogP contribution in [0.3, 0.4) is 0 Å². The van der Waals surface area contributed by atoms with Gasteiger partial charge in [0.05, 0.1) is 23.3 Å². The van der Waals surface area contributed by atoms with E-state index in [9.17, 15) is 13.2 Å². The summed E-state index contributed by atoms with van der Waals surface area (Å²) < 4.78 is 33.3. The normalized spacial score (nSPS) is 20.2. The lowest BCUT2D eigenvalue weighted by Gasteiger charge is -2.31. The highest BCUT2D eigenvalue weighted by atomic mass is 32.2. The quantitative estimate of drug-likeness (QED) is 0.679. The third kappa shape index (κ3) is 3.63. The van der Waals surface area contributed by atoms with Crippen LogP contribution >= 0.6 is 0 Å². The SMILES string of the molecule is CCOc1ccc(S(=O)(=O)N2CCN(C)CC2)cc1C1=NC(=O)C2=NN=CC2=N1. The van der Waals surface area contributed by atoms with Gasteiger partial charge in [0.2, 0.25) is 10.0 Å². The van der Waals surface area contributed by atoms with Gasteiger partial charge in [0.25, 0.3) is 0 Å². The largest absolute Gasteiger partial charge is 0.493 e. The summed E-state index contributed by atoms with van der Waals surface area (Å²) in [5, 5.41) is 7.40. The van der Waals surface area contributed by atoms with Crippen molar-refractivity contribution in [2.24, 2.45) is 20.2 Å². The van der Waals surface area contributed by atoms with Gasteiger partial charge in [-0.25, -0.2) is 13.4 Å². The maximum Gasteiger partial charge on any atom is 0.301 e. The average molecular weight is 416 g/mol. The summed E-state index contributed by atoms with van der Waals surface area (Å²) in [6, 6.07) is 4.54. The minimum Gasteiger partial charge on any atom is -0.493 e. The Morgan fingerprint density at radius 1 is 1.14 bits per heavy atom. The lowest BCUT2D eigenvalue weighted by Crippen LogP contribution is -2.47. The van der Waals surface area contributed by atoms with Gasteiger partial charge in [0.1, 0.15) is 11.5 Å². The first kappa shape index (κ1) is 19.6. The lowest BCUT2D eigenvalue weighted by atomic mass is 10.1. The summed E-state index contributed by atoms with van der Waals surface area (Å²) in [6.45, 7) is 4.34. The molecule has 1 fully saturated rings. The zero-order valence-electron chi connectivity index (χ0n) is 16.1. The zero-order chi connectivity index (χ0) is 20.6. The Kier molecular flexibility index (Phi) is 5.11. The molecule has 10 nitrogen and oxygen atoms in total. The molecule has 0 aliphatic carbocycles. The summed E-state index contributed by atoms with van der Waals surface area (Å²) >= 11 is 0. The van der Waals surface area contributed by atoms with Gasteiger partial charge >= 0.3 is 5.91 Å². The Labute approximate surface area is 168 Å². The molecule has 1 aromatic rings. The fourth-order valence-electron chi connectivity index (χ4n) is 3.20. The number of carbonyl (C=O) groups excluding carboxylic acids is 1. The summed E-state index contributed by atoms with van der Waals surface area (Å²) in [5.74, 6) is -0.0931. The molecule has 0 aromatic heterocycles. The molecule has 1 saturated heterocycles. The molecule has 0 N–H and O–H groups in total. The van der Waals surface area contributed by atoms with E-state index in [1.165, 1.54) is 22.7 Å². The Hall–Kier alpha value is -2.76. The Morgan fingerprint density at radius 3 is 2.62 bits per heavy atom. The van der Waals surface area contributed by atoms with E-state index in [4.69, 9.17) is 4.74 Å². The van der Waals surface area contributed by atoms with Crippen LogP contribution in [-0.4, -0.2) is 86.8 Å². The van der Waals surface area contributed by atoms with Crippen LogP contribution in [0.1, 0.15) is 12.5 Å². The molecule has 0 bridgehead atoms. The molecule has 0 radical (unpaired) electrons. The highest BCUT2D eigenvalue weighted by Gasteiger charge is 2.31. The number of sulfonamides is 1. The second kappa shape index (κ2) is 7.58. The van der Waals surface area contributed by atoms with Gasteiger partial charge in [0.15, 0.2) is 11.5 Å². The van der Waals surface area contributed by atoms with E-state index in [0.717, 1.165) is 0 Å². The smallest absolute Gasteiger partial charge is 0.301 e. The molecular weight excluding hydrogens is 396 g/mol. The summed E-state index contributed by atoms with van der Waals surface area (Å²) in [6.07, 6.45) is 1.37. The van der Waals surface area contributed by atoms with Gasteiger partial charge in [-0.2, -0.15) is 14.4 Å². The molecule has 1 aromatic carbocycles. The number of likely N-dealkylation sites (N-methyl/N-ethyl adjacent to an activating group) is 1. The van der Waals surface area contributed by atoms with E-state index in [1.807, 2.05) is 14.0 Å². The molecule has 3 aliphatic rings. The number of nitrogens with zero attached hydrogens (tertiary/aromatic N) is 6. The van der Waals surface area contributed by atoms with Gasteiger partial charge in [-0.1, -0.05) is 0 Å². The highest BCUT2D eigenvalue weighted by Crippen LogP contribution is 2.27. The fourth-order valence-corrected chi connectivity index (χ4v) is 4.65. The van der Waals surface area contributed by atoms with Crippen molar-refractivity contribution in [2.75, 3.05) is 39.8 Å². The number of ether oxygens (including phenoxy) is 1. The second-order valence-electron chi connectivity index (χ2n) is 6.73. The molecule has 0 atom stereocenters. The summed E-state index contributed by atoms with van der Waals surface area (Å²) in [5.41, 5.74) is 0.713. The number of rotatable bonds is 5. The maximum absolute atomic E-state index is 13.1. The van der Waals surface area contributed by atoms with Gasteiger partial charge in [-0.15, -0.1) is 5.10 Å². The maximum atomic E-state index is 13.1. The minimum atomic E-state index is -3.70. The predicted molar refractivity (Wildman–Crippen MR) is 109 cm³/mol. The van der Waals surface area contributed by atoms with Crippen LogP contribution < -0.4 is 4.74 Å². The number of carbonyl (C=O) groups is 1. The molecule has 152 valence electrons. The molecular formula is C18H20N6O4S. The van der Waals surface area contributed by atoms with E-state index in [1.54, 1.807) is 6.07 Å². The highest BCUT2D eigenvalue weighted by molar-refractivity contribution is 7.89. The molecule has 3 heterocycles. The Balaban J connectivity index is 1.75. The van der Waals surface area contributed by atoms with Crippen LogP contribution in [0.2, 0.25) is 0 Å². The second-order valence-corrected chi connectivity index (χ2v) is 8.67. The van der Waals surface area contributed by atoms with Crippen molar-refractivity contribution in [2.45, 2.75) is 11.8 Å². The van der Waals surface area contributed by atoms with Crippen molar-refractivity contribution in [3.05, 3.63) is 23.8 Å². The van der Waals surface area contributed by atoms with Crippen LogP contribution in [0, 0.1) is 0 Å². The van der Waals surface area contributed by atoms with Crippen molar-refractivity contribution >= 4 is 39.4 Å². The predicted octanol–water partition coefficient (Wildman–Crippen LogP) is 0.190. The van der Waals surface area contributed by atoms with Crippen LogP contribution in [-0.2, 0) is 14.8 Å². The molecule has 29 heavy (non-hydrogen) atoms. The molecule has 1 amide bonds. The fraction of sp³-hybridized carbons (Fsp3) is 0.389. The van der Waals surface area contributed by atoms with E-state index in [0.29, 0.717) is 49.8 Å². The zero-order valence-corrected chi connectivity index (χ0v) is 16.9. The number of amidine groups is 1. The molecule has 4 rings (SSSR count). The molecule has 3 aliphatic heterocycles. The number of hydrogen-bond donors (Lipinski definition) is 0. The standard InChI is InChI=1S/C18H20N6O4S/c1-3-28-15-5-4-12(29(26,27)24-8-6-23(2)7-9-24)10-13(15)17-20-14-11-19-22-16(14)18(25)21-17/h4-5,10-11H,3,6-9H2,1-2H3. The third-order valence-electron chi connectivity index (χ3n) is 4.81. The van der Waals surface area contributed by atoms with Crippen molar-refractivity contribution in [3.8, 4) is 5.75 Å². The van der Waals surface area contributed by atoms with Crippen molar-refractivity contribution < 1.29 is 17.9 Å². The number of hydrogen-bond acceptors (Lipinski definition) is 8. The number of piperazine rings is 1. The number of fused-ring (bicyclic) bond motifs is 1. The van der Waals surface area contributed by atoms with Crippen LogP contribution in [0.4, 0.5) is 0 Å². The Morgan fingerprint density at radius 2 is 1.90 bits per heavy atom. The van der Waals surface area contributed by atoms with E-state index in [2.05, 4.69) is 25.1 Å². The first-order chi connectivity index (χ1) is 13.9. The van der Waals surface area contributed by atoms with Gasteiger partial charge in [-0.3, -0.25) is 4.79 Å². The van der Waals surface area contributed by atoms with Crippen molar-refractivity contribution in [1.29, 1.82) is 0 Å². The molecule has 0 unspecified atom stereocenters. The van der Waals surface area contributed by atoms with E-state index < -0.39 is 15.9 Å². The van der Waals surface area contributed by atoms with Crippen molar-refractivity contribution in [3.63, 3.8) is 0 Å². The summed E-state index contributed by atoms with van der Waals surface area (Å²) in [7, 11) is -1.74. The van der Waals surface area contributed by atoms with E-state index in [-0.39, 0.29) is 16.4 Å². The van der Waals surface area contributed by atoms with Gasteiger partial charge in [0, 0.05) is 26.2 Å². The topological polar surface area (TPSA) is 116 Å². The van der Waals surface area contributed by atoms with Crippen LogP contribution in [0.25, 0.3) is 0 Å². The summed E-state index contributed by atoms with van der Waals surface area (Å²) in [4.78, 5) is 22.7. The molecule has 0 saturated carbocycles. The monoisotopic (exact) mass is 416 g/mol. The minimum absolute atomic E-state index is 0.0768.